The van der Waals surface area contributed by atoms with Gasteiger partial charge in [-0.25, -0.2) is 0 Å². The van der Waals surface area contributed by atoms with Crippen molar-refractivity contribution in [3.05, 3.63) is 11.6 Å². The summed E-state index contributed by atoms with van der Waals surface area (Å²) < 4.78 is 5.21. The van der Waals surface area contributed by atoms with E-state index in [9.17, 15) is 15.0 Å². The second kappa shape index (κ2) is 3.90. The molecule has 1 saturated heterocycles. The van der Waals surface area contributed by atoms with Gasteiger partial charge in [-0.05, 0) is 0 Å². The van der Waals surface area contributed by atoms with Crippen molar-refractivity contribution in [2.45, 2.75) is 25.0 Å². The second-order valence-corrected chi connectivity index (χ2v) is 3.60. The summed E-state index contributed by atoms with van der Waals surface area (Å²) in [5.74, 6) is -0.561. The Bertz CT molecular complexity index is 303. The van der Waals surface area contributed by atoms with Crippen molar-refractivity contribution in [2.75, 3.05) is 13.2 Å². The van der Waals surface area contributed by atoms with Crippen molar-refractivity contribution in [1.82, 2.24) is 4.90 Å². The van der Waals surface area contributed by atoms with Crippen LogP contribution in [0, 0.1) is 0 Å². The molecular weight excluding hydrogens is 202 g/mol. The van der Waals surface area contributed by atoms with Crippen LogP contribution in [0.1, 0.15) is 6.42 Å². The van der Waals surface area contributed by atoms with Gasteiger partial charge < -0.3 is 20.1 Å². The average molecular weight is 215 g/mol. The molecule has 2 aliphatic rings. The fourth-order valence-electron chi connectivity index (χ4n) is 1.86. The number of hydrogen-bond donors (Lipinski definition) is 3. The van der Waals surface area contributed by atoms with Gasteiger partial charge in [0.2, 0.25) is 0 Å². The Balaban J connectivity index is 2.17. The molecule has 3 unspecified atom stereocenters. The smallest absolute Gasteiger partial charge is 0.255 e. The summed E-state index contributed by atoms with van der Waals surface area (Å²) in [5.41, 5.74) is 0.538. The quantitative estimate of drug-likeness (QED) is 0.471. The van der Waals surface area contributed by atoms with Gasteiger partial charge in [0.25, 0.3) is 5.91 Å². The summed E-state index contributed by atoms with van der Waals surface area (Å²) in [4.78, 5) is 12.6. The summed E-state index contributed by atoms with van der Waals surface area (Å²) in [7, 11) is 0. The summed E-state index contributed by atoms with van der Waals surface area (Å²) in [6.45, 7) is 0.0738. The molecule has 6 nitrogen and oxygen atoms in total. The van der Waals surface area contributed by atoms with E-state index in [1.807, 2.05) is 0 Å². The van der Waals surface area contributed by atoms with E-state index in [0.717, 1.165) is 4.90 Å². The molecule has 0 aliphatic carbocycles. The molecule has 0 aromatic carbocycles. The van der Waals surface area contributed by atoms with E-state index in [-0.39, 0.29) is 13.0 Å². The SMILES string of the molecule is O=C1C(O)CC(O)N1C1OCC=C1CO. The highest BCUT2D eigenvalue weighted by molar-refractivity contribution is 5.83. The first-order valence-electron chi connectivity index (χ1n) is 4.75. The topological polar surface area (TPSA) is 90.2 Å². The number of carbonyl (C=O) groups is 1. The third kappa shape index (κ3) is 1.65. The molecule has 0 aromatic heterocycles. The molecule has 15 heavy (non-hydrogen) atoms. The number of aliphatic hydroxyl groups is 3. The van der Waals surface area contributed by atoms with Crippen LogP contribution in [0.2, 0.25) is 0 Å². The highest BCUT2D eigenvalue weighted by Crippen LogP contribution is 2.27. The van der Waals surface area contributed by atoms with Crippen molar-refractivity contribution in [3.63, 3.8) is 0 Å². The number of amides is 1. The molecule has 84 valence electrons. The molecule has 3 atom stereocenters. The van der Waals surface area contributed by atoms with Crippen LogP contribution in [0.4, 0.5) is 0 Å². The van der Waals surface area contributed by atoms with Gasteiger partial charge in [0, 0.05) is 12.0 Å². The normalized spacial score (nSPS) is 36.2. The summed E-state index contributed by atoms with van der Waals surface area (Å²) in [5, 5.41) is 27.8. The van der Waals surface area contributed by atoms with Gasteiger partial charge in [0.1, 0.15) is 12.3 Å². The summed E-state index contributed by atoms with van der Waals surface area (Å²) in [6.07, 6.45) is -1.32. The number of hydrogen-bond acceptors (Lipinski definition) is 5. The van der Waals surface area contributed by atoms with Gasteiger partial charge in [-0.2, -0.15) is 0 Å². The number of likely N-dealkylation sites (tertiary alicyclic amines) is 1. The van der Waals surface area contributed by atoms with E-state index in [4.69, 9.17) is 9.84 Å². The first kappa shape index (κ1) is 10.6. The molecule has 0 spiro atoms. The lowest BCUT2D eigenvalue weighted by molar-refractivity contribution is -0.152. The van der Waals surface area contributed by atoms with Crippen molar-refractivity contribution >= 4 is 5.91 Å². The third-order valence-electron chi connectivity index (χ3n) is 2.65. The third-order valence-corrected chi connectivity index (χ3v) is 2.65. The van der Waals surface area contributed by atoms with E-state index in [1.165, 1.54) is 0 Å². The maximum atomic E-state index is 11.5. The van der Waals surface area contributed by atoms with Gasteiger partial charge in [-0.15, -0.1) is 0 Å². The minimum Gasteiger partial charge on any atom is -0.392 e. The van der Waals surface area contributed by atoms with E-state index in [0.29, 0.717) is 12.2 Å². The fraction of sp³-hybridized carbons (Fsp3) is 0.667. The van der Waals surface area contributed by atoms with Gasteiger partial charge in [-0.3, -0.25) is 9.69 Å². The van der Waals surface area contributed by atoms with Crippen molar-refractivity contribution in [2.24, 2.45) is 0 Å². The van der Waals surface area contributed by atoms with Gasteiger partial charge in [-0.1, -0.05) is 6.08 Å². The monoisotopic (exact) mass is 215 g/mol. The van der Waals surface area contributed by atoms with Crippen LogP contribution in [0.3, 0.4) is 0 Å². The molecule has 1 fully saturated rings. The minimum atomic E-state index is -1.18. The van der Waals surface area contributed by atoms with Crippen LogP contribution in [0.5, 0.6) is 0 Å². The standard InChI is InChI=1S/C9H13NO5/c11-4-5-1-2-15-9(5)10-7(13)3-6(12)8(10)14/h1,6-7,9,11-13H,2-4H2. The zero-order chi connectivity index (χ0) is 11.0. The Labute approximate surface area is 86.4 Å². The van der Waals surface area contributed by atoms with Crippen LogP contribution in [0.25, 0.3) is 0 Å². The Morgan fingerprint density at radius 1 is 1.53 bits per heavy atom. The molecule has 2 aliphatic heterocycles. The summed E-state index contributed by atoms with van der Waals surface area (Å²) >= 11 is 0. The lowest BCUT2D eigenvalue weighted by atomic mass is 10.2. The van der Waals surface area contributed by atoms with Crippen LogP contribution in [0.15, 0.2) is 11.6 Å². The van der Waals surface area contributed by atoms with E-state index in [1.54, 1.807) is 6.08 Å². The highest BCUT2D eigenvalue weighted by Gasteiger charge is 2.43. The Kier molecular flexibility index (Phi) is 2.74. The molecule has 0 aromatic rings. The molecule has 2 heterocycles. The molecule has 0 radical (unpaired) electrons. The second-order valence-electron chi connectivity index (χ2n) is 3.60. The van der Waals surface area contributed by atoms with Gasteiger partial charge in [0.05, 0.1) is 13.2 Å². The van der Waals surface area contributed by atoms with Crippen LogP contribution < -0.4 is 0 Å². The number of nitrogens with zero attached hydrogens (tertiary/aromatic N) is 1. The van der Waals surface area contributed by atoms with Crippen molar-refractivity contribution in [3.8, 4) is 0 Å². The lowest BCUT2D eigenvalue weighted by Gasteiger charge is -2.28. The molecule has 6 heteroatoms. The molecular formula is C9H13NO5. The first-order chi connectivity index (χ1) is 7.15. The summed E-state index contributed by atoms with van der Waals surface area (Å²) in [6, 6.07) is 0. The van der Waals surface area contributed by atoms with Gasteiger partial charge >= 0.3 is 0 Å². The number of aliphatic hydroxyl groups excluding tert-OH is 3. The number of carbonyl (C=O) groups excluding carboxylic acids is 1. The molecule has 1 amide bonds. The Hall–Kier alpha value is -0.950. The molecule has 0 bridgehead atoms. The zero-order valence-corrected chi connectivity index (χ0v) is 8.04. The predicted octanol–water partition coefficient (Wildman–Crippen LogP) is -1.83. The van der Waals surface area contributed by atoms with Crippen molar-refractivity contribution in [1.29, 1.82) is 0 Å². The van der Waals surface area contributed by atoms with Gasteiger partial charge in [0.15, 0.2) is 6.23 Å². The fourth-order valence-corrected chi connectivity index (χ4v) is 1.86. The minimum absolute atomic E-state index is 0.0165. The maximum Gasteiger partial charge on any atom is 0.255 e. The van der Waals surface area contributed by atoms with E-state index in [2.05, 4.69) is 0 Å². The predicted molar refractivity (Wildman–Crippen MR) is 48.4 cm³/mol. The average Bonchev–Trinajstić information content (AvgIpc) is 2.73. The lowest BCUT2D eigenvalue weighted by Crippen LogP contribution is -2.44. The van der Waals surface area contributed by atoms with Crippen LogP contribution in [-0.4, -0.2) is 57.9 Å². The number of ether oxygens (including phenoxy) is 1. The largest absolute Gasteiger partial charge is 0.392 e. The Morgan fingerprint density at radius 3 is 2.80 bits per heavy atom. The molecule has 0 saturated carbocycles. The first-order valence-corrected chi connectivity index (χ1v) is 4.75. The maximum absolute atomic E-state index is 11.5. The molecule has 2 rings (SSSR count). The van der Waals surface area contributed by atoms with Crippen LogP contribution in [-0.2, 0) is 9.53 Å². The molecule has 3 N–H and O–H groups in total. The number of rotatable bonds is 2. The van der Waals surface area contributed by atoms with E-state index >= 15 is 0 Å². The van der Waals surface area contributed by atoms with Crippen LogP contribution >= 0.6 is 0 Å². The highest BCUT2D eigenvalue weighted by atomic mass is 16.5. The zero-order valence-electron chi connectivity index (χ0n) is 8.04. The Morgan fingerprint density at radius 2 is 2.27 bits per heavy atom. The van der Waals surface area contributed by atoms with E-state index < -0.39 is 24.5 Å². The van der Waals surface area contributed by atoms with Crippen molar-refractivity contribution < 1.29 is 24.9 Å².